The molecule has 2 aromatic carbocycles. The van der Waals surface area contributed by atoms with Crippen molar-refractivity contribution in [1.29, 1.82) is 0 Å². The van der Waals surface area contributed by atoms with Crippen LogP contribution in [0.4, 0.5) is 0 Å². The van der Waals surface area contributed by atoms with Gasteiger partial charge in [-0.1, -0.05) is 41.7 Å². The molecule has 10 heteroatoms. The molecular formula is C31H33N3O6S. The molecule has 0 bridgehead atoms. The number of fused-ring (bicyclic) bond motifs is 2. The quantitative estimate of drug-likeness (QED) is 0.224. The van der Waals surface area contributed by atoms with Crippen molar-refractivity contribution in [2.75, 3.05) is 34.0 Å². The molecule has 41 heavy (non-hydrogen) atoms. The molecule has 5 rings (SSSR count). The molecule has 1 aliphatic rings. The van der Waals surface area contributed by atoms with E-state index in [1.807, 2.05) is 51.2 Å². The molecule has 0 unspecified atom stereocenters. The first-order valence-corrected chi connectivity index (χ1v) is 14.2. The van der Waals surface area contributed by atoms with Gasteiger partial charge in [0.05, 0.1) is 36.1 Å². The molecule has 0 spiro atoms. The van der Waals surface area contributed by atoms with Gasteiger partial charge in [0.25, 0.3) is 5.56 Å². The first-order valence-electron chi connectivity index (χ1n) is 13.3. The van der Waals surface area contributed by atoms with E-state index in [1.165, 1.54) is 18.4 Å². The number of methoxy groups -OCH3 is 2. The zero-order valence-electron chi connectivity index (χ0n) is 24.0. The average Bonchev–Trinajstić information content (AvgIpc) is 3.40. The summed E-state index contributed by atoms with van der Waals surface area (Å²) in [6.45, 7) is 6.35. The smallest absolute Gasteiger partial charge is 0.338 e. The first-order chi connectivity index (χ1) is 19.8. The van der Waals surface area contributed by atoms with Crippen LogP contribution in [0.25, 0.3) is 17.0 Å². The molecule has 1 aliphatic heterocycles. The number of hydrogen-bond acceptors (Lipinski definition) is 8. The van der Waals surface area contributed by atoms with Gasteiger partial charge in [-0.05, 0) is 39.0 Å². The van der Waals surface area contributed by atoms with Crippen LogP contribution in [-0.2, 0) is 21.3 Å². The monoisotopic (exact) mass is 575 g/mol. The Morgan fingerprint density at radius 1 is 1.10 bits per heavy atom. The maximum Gasteiger partial charge on any atom is 0.338 e. The summed E-state index contributed by atoms with van der Waals surface area (Å²) in [4.78, 5) is 32.9. The minimum atomic E-state index is -0.839. The lowest BCUT2D eigenvalue weighted by Crippen LogP contribution is -2.40. The van der Waals surface area contributed by atoms with Crippen molar-refractivity contribution in [3.63, 3.8) is 0 Å². The van der Waals surface area contributed by atoms with Crippen LogP contribution < -0.4 is 24.4 Å². The predicted molar refractivity (Wildman–Crippen MR) is 158 cm³/mol. The number of esters is 1. The third kappa shape index (κ3) is 4.98. The first kappa shape index (κ1) is 28.4. The Labute approximate surface area is 241 Å². The number of aromatic nitrogens is 2. The van der Waals surface area contributed by atoms with Gasteiger partial charge in [-0.2, -0.15) is 0 Å². The summed E-state index contributed by atoms with van der Waals surface area (Å²) in [6.07, 6.45) is 1.92. The molecule has 214 valence electrons. The van der Waals surface area contributed by atoms with Crippen LogP contribution in [0.3, 0.4) is 0 Å². The highest BCUT2D eigenvalue weighted by atomic mass is 32.1. The van der Waals surface area contributed by atoms with E-state index in [0.29, 0.717) is 38.7 Å². The molecule has 0 saturated heterocycles. The lowest BCUT2D eigenvalue weighted by Gasteiger charge is -2.27. The summed E-state index contributed by atoms with van der Waals surface area (Å²) in [5, 5.41) is 1.06. The van der Waals surface area contributed by atoms with Crippen molar-refractivity contribution in [3.8, 4) is 11.5 Å². The minimum Gasteiger partial charge on any atom is -0.493 e. The second-order valence-electron chi connectivity index (χ2n) is 9.60. The van der Waals surface area contributed by atoms with E-state index >= 15 is 0 Å². The predicted octanol–water partition coefficient (Wildman–Crippen LogP) is 3.63. The van der Waals surface area contributed by atoms with Gasteiger partial charge in [0.15, 0.2) is 16.3 Å². The Hall–Kier alpha value is -4.15. The summed E-state index contributed by atoms with van der Waals surface area (Å²) in [6, 6.07) is 12.7. The van der Waals surface area contributed by atoms with Gasteiger partial charge in [-0.15, -0.1) is 0 Å². The topological polar surface area (TPSA) is 93.3 Å². The van der Waals surface area contributed by atoms with Gasteiger partial charge >= 0.3 is 5.97 Å². The maximum atomic E-state index is 14.2. The molecule has 9 nitrogen and oxygen atoms in total. The fourth-order valence-corrected chi connectivity index (χ4v) is 6.27. The van der Waals surface area contributed by atoms with Gasteiger partial charge in [0, 0.05) is 41.9 Å². The van der Waals surface area contributed by atoms with E-state index in [0.717, 1.165) is 22.2 Å². The molecule has 3 heterocycles. The Bertz CT molecular complexity index is 1850. The molecule has 0 N–H and O–H groups in total. The van der Waals surface area contributed by atoms with Crippen molar-refractivity contribution < 1.29 is 23.7 Å². The number of carbonyl (C=O) groups excluding carboxylic acids is 1. The zero-order valence-corrected chi connectivity index (χ0v) is 24.8. The third-order valence-corrected chi connectivity index (χ3v) is 8.28. The number of benzene rings is 2. The van der Waals surface area contributed by atoms with Crippen LogP contribution in [0, 0.1) is 6.92 Å². The van der Waals surface area contributed by atoms with Gasteiger partial charge in [0.2, 0.25) is 0 Å². The maximum absolute atomic E-state index is 14.2. The van der Waals surface area contributed by atoms with Crippen LogP contribution in [0.2, 0.25) is 0 Å². The van der Waals surface area contributed by atoms with Gasteiger partial charge in [-0.25, -0.2) is 9.79 Å². The minimum absolute atomic E-state index is 0.0695. The summed E-state index contributed by atoms with van der Waals surface area (Å²) in [5.74, 6) is 0.385. The SMILES string of the molecule is CCOc1c(OC)cccc1[C@H]1C(C(=O)OCCOC)=C(C)N=c2s/c(=C/c3c(C)n(C)c4ccccc34)c(=O)n21. The molecule has 0 saturated carbocycles. The number of nitrogens with zero attached hydrogens (tertiary/aromatic N) is 3. The Kier molecular flexibility index (Phi) is 8.14. The number of hydrogen-bond donors (Lipinski definition) is 0. The molecular weight excluding hydrogens is 542 g/mol. The summed E-state index contributed by atoms with van der Waals surface area (Å²) >= 11 is 1.29. The number of thiazole rings is 1. The number of para-hydroxylation sites is 2. The molecule has 2 aromatic heterocycles. The molecule has 4 aromatic rings. The van der Waals surface area contributed by atoms with Crippen molar-refractivity contribution >= 4 is 34.3 Å². The van der Waals surface area contributed by atoms with Gasteiger partial charge in [-0.3, -0.25) is 9.36 Å². The van der Waals surface area contributed by atoms with E-state index in [9.17, 15) is 9.59 Å². The summed E-state index contributed by atoms with van der Waals surface area (Å²) in [7, 11) is 5.11. The van der Waals surface area contributed by atoms with Crippen molar-refractivity contribution in [2.24, 2.45) is 12.0 Å². The lowest BCUT2D eigenvalue weighted by molar-refractivity contribution is -0.140. The van der Waals surface area contributed by atoms with E-state index < -0.39 is 12.0 Å². The largest absolute Gasteiger partial charge is 0.493 e. The third-order valence-electron chi connectivity index (χ3n) is 7.30. The van der Waals surface area contributed by atoms with E-state index in [1.54, 1.807) is 24.7 Å². The Morgan fingerprint density at radius 3 is 2.61 bits per heavy atom. The molecule has 0 amide bonds. The Morgan fingerprint density at radius 2 is 1.88 bits per heavy atom. The van der Waals surface area contributed by atoms with Crippen LogP contribution in [0.1, 0.15) is 36.7 Å². The van der Waals surface area contributed by atoms with Crippen molar-refractivity contribution in [3.05, 3.63) is 90.2 Å². The average molecular weight is 576 g/mol. The Balaban J connectivity index is 1.77. The molecule has 0 fully saturated rings. The fraction of sp³-hybridized carbons (Fsp3) is 0.323. The van der Waals surface area contributed by atoms with Crippen LogP contribution in [0.15, 0.2) is 63.5 Å². The molecule has 1 atom stereocenters. The second kappa shape index (κ2) is 11.8. The van der Waals surface area contributed by atoms with Crippen LogP contribution >= 0.6 is 11.3 Å². The summed E-state index contributed by atoms with van der Waals surface area (Å²) < 4.78 is 26.4. The highest BCUT2D eigenvalue weighted by molar-refractivity contribution is 7.07. The normalized spacial score (nSPS) is 15.2. The van der Waals surface area contributed by atoms with E-state index in [-0.39, 0.29) is 24.3 Å². The van der Waals surface area contributed by atoms with E-state index in [4.69, 9.17) is 23.9 Å². The molecule has 0 radical (unpaired) electrons. The van der Waals surface area contributed by atoms with E-state index in [2.05, 4.69) is 16.7 Å². The lowest BCUT2D eigenvalue weighted by atomic mass is 9.94. The number of aryl methyl sites for hydroxylation is 1. The standard InChI is InChI=1S/C31H33N3O6S/c1-7-39-28-21(12-10-14-24(28)38-6)27-26(30(36)40-16-15-37-5)18(2)32-31-34(27)29(35)25(41-31)17-22-19(3)33(4)23-13-9-8-11-20(22)23/h8-14,17,27H,7,15-16H2,1-6H3/b25-17+/t27-/m0/s1. The highest BCUT2D eigenvalue weighted by Crippen LogP contribution is 2.40. The number of allylic oxidation sites excluding steroid dienone is 1. The zero-order chi connectivity index (χ0) is 29.3. The molecule has 0 aliphatic carbocycles. The highest BCUT2D eigenvalue weighted by Gasteiger charge is 2.36. The number of carbonyl (C=O) groups is 1. The second-order valence-corrected chi connectivity index (χ2v) is 10.6. The number of rotatable bonds is 9. The summed E-state index contributed by atoms with van der Waals surface area (Å²) in [5.41, 5.74) is 4.16. The van der Waals surface area contributed by atoms with Crippen LogP contribution in [-0.4, -0.2) is 49.1 Å². The van der Waals surface area contributed by atoms with Crippen molar-refractivity contribution in [2.45, 2.75) is 26.8 Å². The van der Waals surface area contributed by atoms with Crippen molar-refractivity contribution in [1.82, 2.24) is 9.13 Å². The fourth-order valence-electron chi connectivity index (χ4n) is 5.24. The number of ether oxygens (including phenoxy) is 4. The van der Waals surface area contributed by atoms with Crippen LogP contribution in [0.5, 0.6) is 11.5 Å². The van der Waals surface area contributed by atoms with Gasteiger partial charge in [0.1, 0.15) is 12.6 Å². The van der Waals surface area contributed by atoms with Gasteiger partial charge < -0.3 is 23.5 Å².